The van der Waals surface area contributed by atoms with Gasteiger partial charge in [0.05, 0.1) is 17.0 Å². The van der Waals surface area contributed by atoms with Crippen LogP contribution in [0.3, 0.4) is 0 Å². The molecule has 1 aliphatic carbocycles. The van der Waals surface area contributed by atoms with Crippen molar-refractivity contribution < 1.29 is 22.3 Å². The smallest absolute Gasteiger partial charge is 0.341 e. The SMILES string of the molecule is O=S(=O)(c1ccc(NC2(CO)CCCC2)cc1)C(F)F. The molecule has 1 aliphatic rings. The van der Waals surface area contributed by atoms with Gasteiger partial charge in [0.1, 0.15) is 0 Å². The van der Waals surface area contributed by atoms with E-state index in [4.69, 9.17) is 0 Å². The Morgan fingerprint density at radius 3 is 2.20 bits per heavy atom. The van der Waals surface area contributed by atoms with Crippen LogP contribution >= 0.6 is 0 Å². The maximum absolute atomic E-state index is 12.4. The number of aliphatic hydroxyl groups is 1. The van der Waals surface area contributed by atoms with Gasteiger partial charge in [0.25, 0.3) is 0 Å². The fourth-order valence-corrected chi connectivity index (χ4v) is 3.23. The van der Waals surface area contributed by atoms with Gasteiger partial charge >= 0.3 is 5.76 Å². The normalized spacial score (nSPS) is 18.4. The van der Waals surface area contributed by atoms with Crippen LogP contribution in [0, 0.1) is 0 Å². The van der Waals surface area contributed by atoms with Gasteiger partial charge in [-0.1, -0.05) is 12.8 Å². The first-order chi connectivity index (χ1) is 9.39. The summed E-state index contributed by atoms with van der Waals surface area (Å²) in [7, 11) is -4.55. The molecule has 1 aromatic carbocycles. The number of rotatable bonds is 5. The van der Waals surface area contributed by atoms with E-state index in [0.717, 1.165) is 37.8 Å². The Balaban J connectivity index is 2.17. The van der Waals surface area contributed by atoms with Crippen LogP contribution in [0.5, 0.6) is 0 Å². The van der Waals surface area contributed by atoms with E-state index < -0.39 is 20.5 Å². The monoisotopic (exact) mass is 305 g/mol. The molecule has 0 spiro atoms. The van der Waals surface area contributed by atoms with Gasteiger partial charge in [-0.15, -0.1) is 0 Å². The lowest BCUT2D eigenvalue weighted by atomic mass is 9.98. The predicted molar refractivity (Wildman–Crippen MR) is 71.5 cm³/mol. The van der Waals surface area contributed by atoms with Gasteiger partial charge in [-0.05, 0) is 37.1 Å². The van der Waals surface area contributed by atoms with Crippen molar-refractivity contribution >= 4 is 15.5 Å². The van der Waals surface area contributed by atoms with Gasteiger partial charge in [-0.2, -0.15) is 8.78 Å². The molecule has 0 bridgehead atoms. The highest BCUT2D eigenvalue weighted by Crippen LogP contribution is 2.33. The highest BCUT2D eigenvalue weighted by molar-refractivity contribution is 7.91. The zero-order chi connectivity index (χ0) is 14.8. The van der Waals surface area contributed by atoms with E-state index in [9.17, 15) is 22.3 Å². The Morgan fingerprint density at radius 1 is 1.20 bits per heavy atom. The van der Waals surface area contributed by atoms with E-state index in [1.54, 1.807) is 0 Å². The number of halogens is 2. The van der Waals surface area contributed by atoms with Gasteiger partial charge in [0.2, 0.25) is 9.84 Å². The summed E-state index contributed by atoms with van der Waals surface area (Å²) in [6.07, 6.45) is 3.71. The summed E-state index contributed by atoms with van der Waals surface area (Å²) in [4.78, 5) is -0.400. The molecule has 20 heavy (non-hydrogen) atoms. The largest absolute Gasteiger partial charge is 0.394 e. The third-order valence-electron chi connectivity index (χ3n) is 3.69. The molecular weight excluding hydrogens is 288 g/mol. The summed E-state index contributed by atoms with van der Waals surface area (Å²) >= 11 is 0. The van der Waals surface area contributed by atoms with E-state index in [0.29, 0.717) is 5.69 Å². The number of aliphatic hydroxyl groups excluding tert-OH is 1. The van der Waals surface area contributed by atoms with Crippen molar-refractivity contribution in [1.29, 1.82) is 0 Å². The molecule has 2 rings (SSSR count). The average Bonchev–Trinajstić information content (AvgIpc) is 2.88. The van der Waals surface area contributed by atoms with Crippen molar-refractivity contribution in [3.05, 3.63) is 24.3 Å². The molecule has 7 heteroatoms. The maximum atomic E-state index is 12.4. The molecule has 0 heterocycles. The van der Waals surface area contributed by atoms with Crippen molar-refractivity contribution in [2.24, 2.45) is 0 Å². The Morgan fingerprint density at radius 2 is 1.75 bits per heavy atom. The average molecular weight is 305 g/mol. The fourth-order valence-electron chi connectivity index (χ4n) is 2.51. The molecule has 1 aromatic rings. The first-order valence-corrected chi connectivity index (χ1v) is 7.95. The minimum absolute atomic E-state index is 0.00984. The van der Waals surface area contributed by atoms with E-state index in [-0.39, 0.29) is 12.1 Å². The zero-order valence-electron chi connectivity index (χ0n) is 10.9. The molecule has 0 atom stereocenters. The molecule has 1 fully saturated rings. The topological polar surface area (TPSA) is 66.4 Å². The quantitative estimate of drug-likeness (QED) is 0.876. The van der Waals surface area contributed by atoms with Crippen molar-refractivity contribution in [3.63, 3.8) is 0 Å². The molecule has 0 radical (unpaired) electrons. The molecule has 2 N–H and O–H groups in total. The molecule has 0 unspecified atom stereocenters. The van der Waals surface area contributed by atoms with Gasteiger partial charge in [-0.3, -0.25) is 0 Å². The molecular formula is C13H17F2NO3S. The van der Waals surface area contributed by atoms with Gasteiger partial charge < -0.3 is 10.4 Å². The van der Waals surface area contributed by atoms with Gasteiger partial charge in [0.15, 0.2) is 0 Å². The third-order valence-corrected chi connectivity index (χ3v) is 5.09. The van der Waals surface area contributed by atoms with E-state index in [2.05, 4.69) is 5.32 Å². The summed E-state index contributed by atoms with van der Waals surface area (Å²) in [6, 6.07) is 5.21. The minimum atomic E-state index is -4.55. The molecule has 4 nitrogen and oxygen atoms in total. The highest BCUT2D eigenvalue weighted by atomic mass is 32.2. The molecule has 0 amide bonds. The standard InChI is InChI=1S/C13H17F2NO3S/c14-12(15)20(18,19)11-5-3-10(4-6-11)16-13(9-17)7-1-2-8-13/h3-6,12,16-17H,1-2,7-9H2. The van der Waals surface area contributed by atoms with Crippen LogP contribution in [-0.4, -0.2) is 31.4 Å². The summed E-state index contributed by atoms with van der Waals surface area (Å²) < 4.78 is 47.4. The number of benzene rings is 1. The summed E-state index contributed by atoms with van der Waals surface area (Å²) in [5, 5.41) is 12.7. The van der Waals surface area contributed by atoms with Crippen LogP contribution < -0.4 is 5.32 Å². The van der Waals surface area contributed by atoms with Gasteiger partial charge in [-0.25, -0.2) is 8.42 Å². The number of nitrogens with one attached hydrogen (secondary N) is 1. The first kappa shape index (κ1) is 15.2. The van der Waals surface area contributed by atoms with Crippen LogP contribution in [0.25, 0.3) is 0 Å². The van der Waals surface area contributed by atoms with E-state index >= 15 is 0 Å². The van der Waals surface area contributed by atoms with Crippen molar-refractivity contribution in [2.75, 3.05) is 11.9 Å². The molecule has 112 valence electrons. The predicted octanol–water partition coefficient (Wildman–Crippen LogP) is 2.40. The number of anilines is 1. The number of hydrogen-bond acceptors (Lipinski definition) is 4. The Labute approximate surface area is 116 Å². The number of alkyl halides is 2. The molecule has 0 aliphatic heterocycles. The number of sulfone groups is 1. The van der Waals surface area contributed by atoms with Crippen molar-refractivity contribution in [2.45, 2.75) is 41.9 Å². The lowest BCUT2D eigenvalue weighted by Gasteiger charge is -2.29. The Kier molecular flexibility index (Phi) is 4.29. The molecule has 0 aromatic heterocycles. The maximum Gasteiger partial charge on any atom is 0.341 e. The first-order valence-electron chi connectivity index (χ1n) is 6.41. The Bertz CT molecular complexity index is 551. The van der Waals surface area contributed by atoms with Crippen LogP contribution in [0.2, 0.25) is 0 Å². The minimum Gasteiger partial charge on any atom is -0.394 e. The lowest BCUT2D eigenvalue weighted by Crippen LogP contribution is -2.38. The summed E-state index contributed by atoms with van der Waals surface area (Å²) in [6.45, 7) is -0.00984. The third kappa shape index (κ3) is 2.93. The second-order valence-corrected chi connectivity index (χ2v) is 7.02. The van der Waals surface area contributed by atoms with E-state index in [1.165, 1.54) is 12.1 Å². The molecule has 1 saturated carbocycles. The van der Waals surface area contributed by atoms with Crippen LogP contribution in [-0.2, 0) is 9.84 Å². The van der Waals surface area contributed by atoms with Crippen molar-refractivity contribution in [1.82, 2.24) is 0 Å². The lowest BCUT2D eigenvalue weighted by molar-refractivity contribution is 0.214. The van der Waals surface area contributed by atoms with Crippen LogP contribution in [0.4, 0.5) is 14.5 Å². The fraction of sp³-hybridized carbons (Fsp3) is 0.538. The molecule has 0 saturated heterocycles. The Hall–Kier alpha value is -1.21. The van der Waals surface area contributed by atoms with Crippen LogP contribution in [0.15, 0.2) is 29.2 Å². The van der Waals surface area contributed by atoms with Gasteiger partial charge in [0, 0.05) is 5.69 Å². The highest BCUT2D eigenvalue weighted by Gasteiger charge is 2.33. The number of hydrogen-bond donors (Lipinski definition) is 2. The summed E-state index contributed by atoms with van der Waals surface area (Å²) in [5.74, 6) is -3.42. The van der Waals surface area contributed by atoms with Crippen molar-refractivity contribution in [3.8, 4) is 0 Å². The second-order valence-electron chi connectivity index (χ2n) is 5.10. The van der Waals surface area contributed by atoms with Crippen LogP contribution in [0.1, 0.15) is 25.7 Å². The zero-order valence-corrected chi connectivity index (χ0v) is 11.7. The van der Waals surface area contributed by atoms with E-state index in [1.807, 2.05) is 0 Å². The second kappa shape index (κ2) is 5.65. The summed E-state index contributed by atoms with van der Waals surface area (Å²) in [5.41, 5.74) is 0.234.